The number of nitrogens with zero attached hydrogens (tertiary/aromatic N) is 1. The smallest absolute Gasteiger partial charge is 0.317 e. The molecule has 0 aromatic heterocycles. The lowest BCUT2D eigenvalue weighted by Crippen LogP contribution is -2.42. The van der Waals surface area contributed by atoms with Crippen molar-refractivity contribution >= 4 is 6.03 Å². The van der Waals surface area contributed by atoms with Gasteiger partial charge in [0.2, 0.25) is 0 Å². The van der Waals surface area contributed by atoms with Gasteiger partial charge in [-0.2, -0.15) is 0 Å². The highest BCUT2D eigenvalue weighted by molar-refractivity contribution is 5.75. The van der Waals surface area contributed by atoms with Gasteiger partial charge in [0.1, 0.15) is 11.6 Å². The van der Waals surface area contributed by atoms with Crippen molar-refractivity contribution in [3.05, 3.63) is 29.6 Å². The van der Waals surface area contributed by atoms with E-state index < -0.39 is 0 Å². The molecule has 2 aliphatic heterocycles. The highest BCUT2D eigenvalue weighted by Crippen LogP contribution is 2.32. The quantitative estimate of drug-likeness (QED) is 0.867. The molecule has 1 aromatic rings. The first kappa shape index (κ1) is 15.1. The summed E-state index contributed by atoms with van der Waals surface area (Å²) in [7, 11) is 0. The number of hydrogen-bond donors (Lipinski definition) is 1. The van der Waals surface area contributed by atoms with E-state index in [2.05, 4.69) is 5.32 Å². The van der Waals surface area contributed by atoms with Crippen LogP contribution in [0.4, 0.5) is 9.18 Å². The molecule has 5 nitrogen and oxygen atoms in total. The molecule has 2 heterocycles. The number of ether oxygens (including phenoxy) is 2. The molecular formula is C16H21FN2O3. The van der Waals surface area contributed by atoms with Crippen molar-refractivity contribution in [1.29, 1.82) is 0 Å². The van der Waals surface area contributed by atoms with E-state index in [9.17, 15) is 9.18 Å². The van der Waals surface area contributed by atoms with E-state index in [0.29, 0.717) is 38.7 Å². The Morgan fingerprint density at radius 1 is 1.23 bits per heavy atom. The van der Waals surface area contributed by atoms with Gasteiger partial charge >= 0.3 is 6.03 Å². The summed E-state index contributed by atoms with van der Waals surface area (Å²) in [5.74, 6) is 0.343. The number of hydrogen-bond acceptors (Lipinski definition) is 3. The number of carbonyl (C=O) groups excluding carboxylic acids is 1. The third kappa shape index (κ3) is 3.50. The second kappa shape index (κ2) is 6.96. The van der Waals surface area contributed by atoms with Gasteiger partial charge in [0.25, 0.3) is 0 Å². The summed E-state index contributed by atoms with van der Waals surface area (Å²) in [6, 6.07) is 4.14. The third-order valence-electron chi connectivity index (χ3n) is 4.05. The van der Waals surface area contributed by atoms with E-state index >= 15 is 0 Å². The van der Waals surface area contributed by atoms with Crippen LogP contribution < -0.4 is 10.1 Å². The largest absolute Gasteiger partial charge is 0.493 e. The molecule has 3 rings (SSSR count). The second-order valence-corrected chi connectivity index (χ2v) is 5.63. The van der Waals surface area contributed by atoms with Crippen molar-refractivity contribution in [2.45, 2.75) is 25.3 Å². The molecule has 1 atom stereocenters. The first-order valence-corrected chi connectivity index (χ1v) is 7.79. The van der Waals surface area contributed by atoms with Gasteiger partial charge in [0, 0.05) is 25.3 Å². The van der Waals surface area contributed by atoms with Crippen LogP contribution in [0.1, 0.15) is 30.9 Å². The lowest BCUT2D eigenvalue weighted by atomic mass is 10.0. The Balaban J connectivity index is 1.74. The molecule has 120 valence electrons. The Hall–Kier alpha value is -1.82. The Kier molecular flexibility index (Phi) is 4.77. The number of benzene rings is 1. The average Bonchev–Trinajstić information content (AvgIpc) is 2.89. The maximum absolute atomic E-state index is 13.6. The second-order valence-electron chi connectivity index (χ2n) is 5.63. The summed E-state index contributed by atoms with van der Waals surface area (Å²) in [6.07, 6.45) is 2.41. The fourth-order valence-corrected chi connectivity index (χ4v) is 2.89. The summed E-state index contributed by atoms with van der Waals surface area (Å²) in [4.78, 5) is 14.2. The van der Waals surface area contributed by atoms with E-state index in [1.165, 1.54) is 12.1 Å². The predicted molar refractivity (Wildman–Crippen MR) is 79.4 cm³/mol. The minimum Gasteiger partial charge on any atom is -0.493 e. The van der Waals surface area contributed by atoms with Crippen molar-refractivity contribution in [1.82, 2.24) is 10.2 Å². The zero-order valence-corrected chi connectivity index (χ0v) is 12.5. The van der Waals surface area contributed by atoms with Gasteiger partial charge in [-0.25, -0.2) is 9.18 Å². The van der Waals surface area contributed by atoms with E-state index in [4.69, 9.17) is 9.47 Å². The summed E-state index contributed by atoms with van der Waals surface area (Å²) in [5.41, 5.74) is 0.719. The van der Waals surface area contributed by atoms with Crippen LogP contribution in [0, 0.1) is 5.82 Å². The van der Waals surface area contributed by atoms with Crippen LogP contribution in [0.5, 0.6) is 5.75 Å². The van der Waals surface area contributed by atoms with Crippen molar-refractivity contribution in [3.63, 3.8) is 0 Å². The molecule has 0 spiro atoms. The number of urea groups is 1. The molecule has 0 aliphatic carbocycles. The number of rotatable bonds is 1. The standard InChI is InChI=1S/C16H21FN2O3/c17-12-4-5-15-13(11-12)14(3-1-9-22-15)18-16(20)19-6-2-8-21-10-7-19/h4-5,11,14H,1-3,6-10H2,(H,18,20). The zero-order valence-electron chi connectivity index (χ0n) is 12.5. The molecule has 2 amide bonds. The fraction of sp³-hybridized carbons (Fsp3) is 0.562. The van der Waals surface area contributed by atoms with Crippen LogP contribution in [0.3, 0.4) is 0 Å². The van der Waals surface area contributed by atoms with Crippen LogP contribution in [0.25, 0.3) is 0 Å². The highest BCUT2D eigenvalue weighted by Gasteiger charge is 2.24. The average molecular weight is 308 g/mol. The monoisotopic (exact) mass is 308 g/mol. The van der Waals surface area contributed by atoms with Crippen LogP contribution in [-0.2, 0) is 4.74 Å². The van der Waals surface area contributed by atoms with Crippen molar-refractivity contribution in [2.24, 2.45) is 0 Å². The Morgan fingerprint density at radius 2 is 2.14 bits per heavy atom. The van der Waals surface area contributed by atoms with Gasteiger partial charge in [-0.1, -0.05) is 0 Å². The lowest BCUT2D eigenvalue weighted by Gasteiger charge is -2.25. The van der Waals surface area contributed by atoms with Gasteiger partial charge in [-0.3, -0.25) is 0 Å². The molecule has 1 N–H and O–H groups in total. The fourth-order valence-electron chi connectivity index (χ4n) is 2.89. The minimum absolute atomic E-state index is 0.118. The van der Waals surface area contributed by atoms with E-state index in [1.807, 2.05) is 0 Å². The number of nitrogens with one attached hydrogen (secondary N) is 1. The maximum Gasteiger partial charge on any atom is 0.317 e. The number of halogens is 1. The van der Waals surface area contributed by atoms with E-state index in [-0.39, 0.29) is 17.9 Å². The molecule has 0 radical (unpaired) electrons. The molecule has 1 fully saturated rings. The predicted octanol–water partition coefficient (Wildman–Crippen LogP) is 2.47. The maximum atomic E-state index is 13.6. The van der Waals surface area contributed by atoms with Crippen LogP contribution in [0.15, 0.2) is 18.2 Å². The minimum atomic E-state index is -0.313. The summed E-state index contributed by atoms with van der Waals surface area (Å²) >= 11 is 0. The van der Waals surface area contributed by atoms with Crippen LogP contribution in [0.2, 0.25) is 0 Å². The number of carbonyl (C=O) groups is 1. The Labute approximate surface area is 129 Å². The van der Waals surface area contributed by atoms with Crippen molar-refractivity contribution < 1.29 is 18.7 Å². The molecule has 2 aliphatic rings. The molecule has 1 aromatic carbocycles. The Morgan fingerprint density at radius 3 is 3.05 bits per heavy atom. The first-order valence-electron chi connectivity index (χ1n) is 7.79. The van der Waals surface area contributed by atoms with Crippen molar-refractivity contribution in [2.75, 3.05) is 32.9 Å². The highest BCUT2D eigenvalue weighted by atomic mass is 19.1. The summed E-state index contributed by atoms with van der Waals surface area (Å²) in [6.45, 7) is 3.11. The van der Waals surface area contributed by atoms with E-state index in [1.54, 1.807) is 11.0 Å². The summed E-state index contributed by atoms with van der Waals surface area (Å²) in [5, 5.41) is 3.02. The van der Waals surface area contributed by atoms with Gasteiger partial charge < -0.3 is 19.7 Å². The normalized spacial score (nSPS) is 22.0. The third-order valence-corrected chi connectivity index (χ3v) is 4.05. The number of fused-ring (bicyclic) bond motifs is 1. The molecule has 22 heavy (non-hydrogen) atoms. The molecular weight excluding hydrogens is 287 g/mol. The zero-order chi connectivity index (χ0) is 15.4. The lowest BCUT2D eigenvalue weighted by molar-refractivity contribution is 0.141. The number of amides is 2. The molecule has 1 saturated heterocycles. The summed E-state index contributed by atoms with van der Waals surface area (Å²) < 4.78 is 24.5. The topological polar surface area (TPSA) is 50.8 Å². The molecule has 0 bridgehead atoms. The van der Waals surface area contributed by atoms with Gasteiger partial charge in [0.15, 0.2) is 0 Å². The SMILES string of the molecule is O=C(NC1CCCOc2ccc(F)cc21)N1CCCOCC1. The van der Waals surface area contributed by atoms with Crippen LogP contribution >= 0.6 is 0 Å². The van der Waals surface area contributed by atoms with Gasteiger partial charge in [0.05, 0.1) is 19.3 Å². The molecule has 0 saturated carbocycles. The van der Waals surface area contributed by atoms with Gasteiger partial charge in [-0.05, 0) is 37.5 Å². The Bertz CT molecular complexity index is 530. The van der Waals surface area contributed by atoms with Crippen LogP contribution in [-0.4, -0.2) is 43.8 Å². The molecule has 1 unspecified atom stereocenters. The first-order chi connectivity index (χ1) is 10.7. The molecule has 6 heteroatoms. The van der Waals surface area contributed by atoms with E-state index in [0.717, 1.165) is 24.8 Å². The van der Waals surface area contributed by atoms with Gasteiger partial charge in [-0.15, -0.1) is 0 Å². The van der Waals surface area contributed by atoms with Crippen molar-refractivity contribution in [3.8, 4) is 5.75 Å².